The van der Waals surface area contributed by atoms with Gasteiger partial charge in [0.05, 0.1) is 13.7 Å². The fourth-order valence-electron chi connectivity index (χ4n) is 1.61. The molecule has 2 N–H and O–H groups in total. The number of ether oxygens (including phenoxy) is 1. The van der Waals surface area contributed by atoms with Gasteiger partial charge in [-0.3, -0.25) is 0 Å². The second-order valence-corrected chi connectivity index (χ2v) is 5.40. The third-order valence-electron chi connectivity index (χ3n) is 2.78. The maximum absolute atomic E-state index is 9.27. The van der Waals surface area contributed by atoms with Crippen LogP contribution in [0.5, 0.6) is 5.75 Å². The molecule has 1 aliphatic carbocycles. The molecule has 0 spiro atoms. The Morgan fingerprint density at radius 2 is 2.12 bits per heavy atom. The summed E-state index contributed by atoms with van der Waals surface area (Å²) in [6.45, 7) is 0.208. The lowest BCUT2D eigenvalue weighted by molar-refractivity contribution is 0.253. The Morgan fingerprint density at radius 1 is 1.41 bits per heavy atom. The van der Waals surface area contributed by atoms with Gasteiger partial charge in [0, 0.05) is 22.7 Å². The van der Waals surface area contributed by atoms with Crippen LogP contribution in [0.1, 0.15) is 12.8 Å². The molecule has 3 nitrogen and oxygen atoms in total. The van der Waals surface area contributed by atoms with E-state index >= 15 is 0 Å². The molecule has 0 heterocycles. The fraction of sp³-hybridized carbons (Fsp3) is 0.538. The first-order valence-electron chi connectivity index (χ1n) is 5.95. The highest BCUT2D eigenvalue weighted by Gasteiger charge is 2.24. The Labute approximate surface area is 107 Å². The maximum atomic E-state index is 9.27. The Balaban J connectivity index is 1.78. The minimum atomic E-state index is 0.203. The van der Waals surface area contributed by atoms with Crippen LogP contribution < -0.4 is 10.1 Å². The molecule has 1 aromatic rings. The molecular weight excluding hydrogens is 234 g/mol. The highest BCUT2D eigenvalue weighted by Crippen LogP contribution is 2.24. The first kappa shape index (κ1) is 12.7. The van der Waals surface area contributed by atoms with E-state index in [-0.39, 0.29) is 12.6 Å². The molecule has 0 radical (unpaired) electrons. The van der Waals surface area contributed by atoms with Gasteiger partial charge in [-0.15, -0.1) is 11.8 Å². The summed E-state index contributed by atoms with van der Waals surface area (Å²) in [5.74, 6) is 1.78. The summed E-state index contributed by atoms with van der Waals surface area (Å²) < 4.78 is 5.12. The molecule has 1 unspecified atom stereocenters. The highest BCUT2D eigenvalue weighted by molar-refractivity contribution is 7.99. The molecule has 0 aliphatic heterocycles. The zero-order valence-corrected chi connectivity index (χ0v) is 10.9. The van der Waals surface area contributed by atoms with Gasteiger partial charge in [-0.2, -0.15) is 0 Å². The van der Waals surface area contributed by atoms with Crippen LogP contribution in [0.4, 0.5) is 0 Å². The number of methoxy groups -OCH3 is 1. The first-order chi connectivity index (χ1) is 8.31. The van der Waals surface area contributed by atoms with Crippen molar-refractivity contribution in [2.24, 2.45) is 0 Å². The van der Waals surface area contributed by atoms with Crippen LogP contribution in [-0.2, 0) is 0 Å². The van der Waals surface area contributed by atoms with Crippen molar-refractivity contribution in [3.63, 3.8) is 0 Å². The second kappa shape index (κ2) is 6.28. The van der Waals surface area contributed by atoms with Crippen LogP contribution in [0.2, 0.25) is 0 Å². The Bertz CT molecular complexity index is 338. The van der Waals surface area contributed by atoms with E-state index in [0.717, 1.165) is 11.5 Å². The topological polar surface area (TPSA) is 41.5 Å². The number of aliphatic hydroxyl groups excluding tert-OH is 1. The van der Waals surface area contributed by atoms with Crippen molar-refractivity contribution >= 4 is 11.8 Å². The standard InChI is InChI=1S/C13H19NO2S/c1-16-12-4-6-13(7-5-12)17-9-11(8-15)14-10-2-3-10/h4-7,10-11,14-15H,2-3,8-9H2,1H3. The molecule has 1 aliphatic rings. The van der Waals surface area contributed by atoms with Gasteiger partial charge < -0.3 is 15.2 Å². The van der Waals surface area contributed by atoms with E-state index in [9.17, 15) is 5.11 Å². The summed E-state index contributed by atoms with van der Waals surface area (Å²) in [5.41, 5.74) is 0. The molecule has 1 atom stereocenters. The SMILES string of the molecule is COc1ccc(SCC(CO)NC2CC2)cc1. The minimum Gasteiger partial charge on any atom is -0.497 e. The van der Waals surface area contributed by atoms with E-state index in [4.69, 9.17) is 4.74 Å². The average Bonchev–Trinajstić information content (AvgIpc) is 3.19. The molecule has 1 aromatic carbocycles. The number of thioether (sulfide) groups is 1. The molecule has 1 fully saturated rings. The molecule has 0 aromatic heterocycles. The molecule has 4 heteroatoms. The van der Waals surface area contributed by atoms with E-state index in [0.29, 0.717) is 6.04 Å². The van der Waals surface area contributed by atoms with E-state index in [2.05, 4.69) is 17.4 Å². The monoisotopic (exact) mass is 253 g/mol. The van der Waals surface area contributed by atoms with Gasteiger partial charge in [0.25, 0.3) is 0 Å². The normalized spacial score (nSPS) is 16.8. The average molecular weight is 253 g/mol. The van der Waals surface area contributed by atoms with Crippen LogP contribution in [0.3, 0.4) is 0 Å². The van der Waals surface area contributed by atoms with Gasteiger partial charge in [0.2, 0.25) is 0 Å². The predicted molar refractivity (Wildman–Crippen MR) is 70.7 cm³/mol. The van der Waals surface area contributed by atoms with Crippen LogP contribution in [0, 0.1) is 0 Å². The quantitative estimate of drug-likeness (QED) is 0.728. The zero-order valence-electron chi connectivity index (χ0n) is 10.1. The number of hydrogen-bond donors (Lipinski definition) is 2. The van der Waals surface area contributed by atoms with Crippen molar-refractivity contribution in [2.75, 3.05) is 19.5 Å². The lowest BCUT2D eigenvalue weighted by Gasteiger charge is -2.15. The number of benzene rings is 1. The number of aliphatic hydroxyl groups is 1. The molecular formula is C13H19NO2S. The van der Waals surface area contributed by atoms with Crippen molar-refractivity contribution < 1.29 is 9.84 Å². The third-order valence-corrected chi connectivity index (χ3v) is 3.95. The summed E-state index contributed by atoms with van der Waals surface area (Å²) in [6.07, 6.45) is 2.51. The van der Waals surface area contributed by atoms with Crippen molar-refractivity contribution in [1.82, 2.24) is 5.32 Å². The second-order valence-electron chi connectivity index (χ2n) is 4.31. The maximum Gasteiger partial charge on any atom is 0.118 e. The minimum absolute atomic E-state index is 0.203. The van der Waals surface area contributed by atoms with Crippen molar-refractivity contribution in [1.29, 1.82) is 0 Å². The molecule has 0 saturated heterocycles. The van der Waals surface area contributed by atoms with Crippen molar-refractivity contribution in [2.45, 2.75) is 29.8 Å². The van der Waals surface area contributed by atoms with Crippen LogP contribution in [0.15, 0.2) is 29.2 Å². The Hall–Kier alpha value is -0.710. The largest absolute Gasteiger partial charge is 0.497 e. The molecule has 17 heavy (non-hydrogen) atoms. The van der Waals surface area contributed by atoms with Crippen molar-refractivity contribution in [3.8, 4) is 5.75 Å². The predicted octanol–water partition coefficient (Wildman–Crippen LogP) is 1.90. The van der Waals surface area contributed by atoms with Gasteiger partial charge in [-0.25, -0.2) is 0 Å². The van der Waals surface area contributed by atoms with Gasteiger partial charge in [0.15, 0.2) is 0 Å². The van der Waals surface area contributed by atoms with Crippen LogP contribution in [-0.4, -0.2) is 36.7 Å². The van der Waals surface area contributed by atoms with Crippen LogP contribution >= 0.6 is 11.8 Å². The Kier molecular flexibility index (Phi) is 4.71. The summed E-state index contributed by atoms with van der Waals surface area (Å²) >= 11 is 1.76. The number of nitrogens with one attached hydrogen (secondary N) is 1. The van der Waals surface area contributed by atoms with Gasteiger partial charge in [-0.1, -0.05) is 0 Å². The van der Waals surface area contributed by atoms with E-state index in [1.54, 1.807) is 18.9 Å². The van der Waals surface area contributed by atoms with Gasteiger partial charge in [0.1, 0.15) is 5.75 Å². The van der Waals surface area contributed by atoms with E-state index < -0.39 is 0 Å². The lowest BCUT2D eigenvalue weighted by Crippen LogP contribution is -2.36. The molecule has 0 amide bonds. The highest BCUT2D eigenvalue weighted by atomic mass is 32.2. The van der Waals surface area contributed by atoms with Gasteiger partial charge in [-0.05, 0) is 37.1 Å². The lowest BCUT2D eigenvalue weighted by atomic mass is 10.3. The molecule has 1 saturated carbocycles. The number of rotatable bonds is 7. The van der Waals surface area contributed by atoms with Crippen LogP contribution in [0.25, 0.3) is 0 Å². The zero-order chi connectivity index (χ0) is 12.1. The smallest absolute Gasteiger partial charge is 0.118 e. The summed E-state index contributed by atoms with van der Waals surface area (Å²) in [7, 11) is 1.67. The summed E-state index contributed by atoms with van der Waals surface area (Å²) in [6, 6.07) is 8.87. The molecule has 0 bridgehead atoms. The van der Waals surface area contributed by atoms with Gasteiger partial charge >= 0.3 is 0 Å². The third kappa shape index (κ3) is 4.22. The fourth-order valence-corrected chi connectivity index (χ4v) is 2.53. The Morgan fingerprint density at radius 3 is 2.65 bits per heavy atom. The van der Waals surface area contributed by atoms with Crippen molar-refractivity contribution in [3.05, 3.63) is 24.3 Å². The number of hydrogen-bond acceptors (Lipinski definition) is 4. The van der Waals surface area contributed by atoms with E-state index in [1.807, 2.05) is 12.1 Å². The summed E-state index contributed by atoms with van der Waals surface area (Å²) in [4.78, 5) is 1.21. The molecule has 2 rings (SSSR count). The summed E-state index contributed by atoms with van der Waals surface area (Å²) in [5, 5.41) is 12.7. The molecule has 94 valence electrons. The van der Waals surface area contributed by atoms with E-state index in [1.165, 1.54) is 17.7 Å². The first-order valence-corrected chi connectivity index (χ1v) is 6.94.